The number of methoxy groups -OCH3 is 3. The van der Waals surface area contributed by atoms with Gasteiger partial charge >= 0.3 is 0 Å². The largest absolute Gasteiger partial charge is 0.493 e. The topological polar surface area (TPSA) is 46.2 Å². The molecule has 0 fully saturated rings. The SMILES string of the molecule is CC[Si](CC)(CC)OC(C/C=C\Cc1ccc(COCOC)cc1)c1ccc(OC)c(OC)c1. The van der Waals surface area contributed by atoms with Crippen LogP contribution in [0, 0.1) is 0 Å². The van der Waals surface area contributed by atoms with Gasteiger partial charge < -0.3 is 23.4 Å². The second-order valence-electron chi connectivity index (χ2n) is 8.45. The van der Waals surface area contributed by atoms with E-state index in [1.54, 1.807) is 21.3 Å². The van der Waals surface area contributed by atoms with Crippen LogP contribution in [0.1, 0.15) is 50.0 Å². The summed E-state index contributed by atoms with van der Waals surface area (Å²) < 4.78 is 28.3. The predicted molar refractivity (Wildman–Crippen MR) is 141 cm³/mol. The average molecular weight is 487 g/mol. The van der Waals surface area contributed by atoms with Crippen LogP contribution in [0.3, 0.4) is 0 Å². The third kappa shape index (κ3) is 8.27. The monoisotopic (exact) mass is 486 g/mol. The van der Waals surface area contributed by atoms with Gasteiger partial charge in [0.05, 0.1) is 26.9 Å². The third-order valence-corrected chi connectivity index (χ3v) is 11.1. The van der Waals surface area contributed by atoms with Gasteiger partial charge in [0.1, 0.15) is 6.79 Å². The zero-order valence-electron chi connectivity index (χ0n) is 21.8. The van der Waals surface area contributed by atoms with Crippen LogP contribution in [0.5, 0.6) is 11.5 Å². The highest BCUT2D eigenvalue weighted by Crippen LogP contribution is 2.36. The molecule has 6 heteroatoms. The van der Waals surface area contributed by atoms with Gasteiger partial charge in [-0.25, -0.2) is 0 Å². The van der Waals surface area contributed by atoms with E-state index in [0.717, 1.165) is 53.6 Å². The summed E-state index contributed by atoms with van der Waals surface area (Å²) in [4.78, 5) is 0. The van der Waals surface area contributed by atoms with Crippen molar-refractivity contribution in [2.24, 2.45) is 0 Å². The highest BCUT2D eigenvalue weighted by atomic mass is 28.4. The van der Waals surface area contributed by atoms with Crippen LogP contribution in [-0.2, 0) is 26.9 Å². The van der Waals surface area contributed by atoms with Gasteiger partial charge in [-0.2, -0.15) is 0 Å². The van der Waals surface area contributed by atoms with E-state index >= 15 is 0 Å². The molecule has 0 aliphatic heterocycles. The Morgan fingerprint density at radius 1 is 0.794 bits per heavy atom. The first kappa shape index (κ1) is 28.1. The minimum atomic E-state index is -1.78. The first-order chi connectivity index (χ1) is 16.5. The molecule has 0 bridgehead atoms. The molecule has 0 aliphatic carbocycles. The van der Waals surface area contributed by atoms with E-state index in [1.807, 2.05) is 6.07 Å². The Kier molecular flexibility index (Phi) is 12.4. The molecule has 2 aromatic carbocycles. The number of benzene rings is 2. The van der Waals surface area contributed by atoms with Crippen LogP contribution in [0.2, 0.25) is 18.1 Å². The fraction of sp³-hybridized carbons (Fsp3) is 0.500. The van der Waals surface area contributed by atoms with E-state index in [2.05, 4.69) is 69.3 Å². The summed E-state index contributed by atoms with van der Waals surface area (Å²) >= 11 is 0. The van der Waals surface area contributed by atoms with Crippen molar-refractivity contribution in [2.45, 2.75) is 64.5 Å². The quantitative estimate of drug-likeness (QED) is 0.110. The van der Waals surface area contributed by atoms with Crippen molar-refractivity contribution in [1.82, 2.24) is 0 Å². The second-order valence-corrected chi connectivity index (χ2v) is 13.2. The summed E-state index contributed by atoms with van der Waals surface area (Å²) in [6, 6.07) is 18.0. The second kappa shape index (κ2) is 15.0. The maximum absolute atomic E-state index is 6.93. The van der Waals surface area contributed by atoms with Crippen molar-refractivity contribution in [3.63, 3.8) is 0 Å². The van der Waals surface area contributed by atoms with Crippen LogP contribution < -0.4 is 9.47 Å². The van der Waals surface area contributed by atoms with Crippen LogP contribution in [0.25, 0.3) is 0 Å². The first-order valence-electron chi connectivity index (χ1n) is 12.2. The highest BCUT2D eigenvalue weighted by molar-refractivity contribution is 6.73. The lowest BCUT2D eigenvalue weighted by Gasteiger charge is -2.33. The molecule has 1 unspecified atom stereocenters. The van der Waals surface area contributed by atoms with Gasteiger partial charge in [0, 0.05) is 7.11 Å². The summed E-state index contributed by atoms with van der Waals surface area (Å²) in [5.41, 5.74) is 3.55. The van der Waals surface area contributed by atoms with E-state index in [1.165, 1.54) is 5.56 Å². The van der Waals surface area contributed by atoms with Crippen molar-refractivity contribution in [3.8, 4) is 11.5 Å². The zero-order chi connectivity index (χ0) is 24.8. The molecule has 0 amide bonds. The Morgan fingerprint density at radius 2 is 1.44 bits per heavy atom. The van der Waals surface area contributed by atoms with Gasteiger partial charge in [-0.1, -0.05) is 63.3 Å². The number of hydrogen-bond acceptors (Lipinski definition) is 5. The summed E-state index contributed by atoms with van der Waals surface area (Å²) in [5, 5.41) is 0. The maximum atomic E-state index is 6.93. The van der Waals surface area contributed by atoms with Crippen LogP contribution in [0.4, 0.5) is 0 Å². The molecule has 2 aromatic rings. The van der Waals surface area contributed by atoms with Gasteiger partial charge in [-0.05, 0) is 59.8 Å². The number of ether oxygens (including phenoxy) is 4. The average Bonchev–Trinajstić information content (AvgIpc) is 2.89. The van der Waals surface area contributed by atoms with Gasteiger partial charge in [0.2, 0.25) is 0 Å². The number of allylic oxidation sites excluding steroid dienone is 1. The molecular formula is C28H42O5Si. The Hall–Kier alpha value is -2.12. The van der Waals surface area contributed by atoms with Gasteiger partial charge in [-0.15, -0.1) is 0 Å². The molecule has 1 atom stereocenters. The fourth-order valence-corrected chi connectivity index (χ4v) is 6.90. The van der Waals surface area contributed by atoms with Crippen LogP contribution in [-0.4, -0.2) is 36.4 Å². The van der Waals surface area contributed by atoms with E-state index in [9.17, 15) is 0 Å². The van der Waals surface area contributed by atoms with Crippen LogP contribution in [0.15, 0.2) is 54.6 Å². The molecule has 0 N–H and O–H groups in total. The normalized spacial score (nSPS) is 12.8. The van der Waals surface area contributed by atoms with Crippen molar-refractivity contribution in [1.29, 1.82) is 0 Å². The summed E-state index contributed by atoms with van der Waals surface area (Å²) in [7, 11) is 3.19. The maximum Gasteiger partial charge on any atom is 0.192 e. The third-order valence-electron chi connectivity index (χ3n) is 6.47. The molecule has 0 saturated heterocycles. The first-order valence-corrected chi connectivity index (χ1v) is 14.8. The Labute approximate surface area is 207 Å². The van der Waals surface area contributed by atoms with Crippen LogP contribution >= 0.6 is 0 Å². The zero-order valence-corrected chi connectivity index (χ0v) is 22.8. The molecule has 0 radical (unpaired) electrons. The summed E-state index contributed by atoms with van der Waals surface area (Å²) in [6.45, 7) is 7.68. The van der Waals surface area contributed by atoms with Crippen molar-refractivity contribution >= 4 is 8.32 Å². The Morgan fingerprint density at radius 3 is 2.03 bits per heavy atom. The fourth-order valence-electron chi connectivity index (χ4n) is 4.06. The molecule has 188 valence electrons. The standard InChI is InChI=1S/C28H42O5Si/c1-7-34(8-2,9-3)33-26(25-18-19-27(30-5)28(20-25)31-6)13-11-10-12-23-14-16-24(17-15-23)21-32-22-29-4/h10-11,14-20,26H,7-9,12-13,21-22H2,1-6H3/b11-10-. The lowest BCUT2D eigenvalue weighted by molar-refractivity contribution is -0.0390. The van der Waals surface area contributed by atoms with Crippen molar-refractivity contribution in [3.05, 3.63) is 71.3 Å². The Balaban J connectivity index is 2.11. The smallest absolute Gasteiger partial charge is 0.192 e. The van der Waals surface area contributed by atoms with E-state index in [-0.39, 0.29) is 6.10 Å². The summed E-state index contributed by atoms with van der Waals surface area (Å²) in [5.74, 6) is 1.48. The highest BCUT2D eigenvalue weighted by Gasteiger charge is 2.32. The molecular weight excluding hydrogens is 444 g/mol. The lowest BCUT2D eigenvalue weighted by Crippen LogP contribution is -2.37. The van der Waals surface area contributed by atoms with Crippen molar-refractivity contribution in [2.75, 3.05) is 28.1 Å². The Bertz CT molecular complexity index is 853. The molecule has 2 rings (SSSR count). The molecule has 34 heavy (non-hydrogen) atoms. The van der Waals surface area contributed by atoms with Gasteiger partial charge in [0.25, 0.3) is 0 Å². The molecule has 0 spiro atoms. The summed E-state index contributed by atoms with van der Waals surface area (Å²) in [6.07, 6.45) is 6.20. The predicted octanol–water partition coefficient (Wildman–Crippen LogP) is 7.08. The van der Waals surface area contributed by atoms with Crippen molar-refractivity contribution < 1.29 is 23.4 Å². The molecule has 0 saturated carbocycles. The lowest BCUT2D eigenvalue weighted by atomic mass is 10.0. The van der Waals surface area contributed by atoms with E-state index in [4.69, 9.17) is 23.4 Å². The number of hydrogen-bond donors (Lipinski definition) is 0. The number of rotatable bonds is 16. The minimum Gasteiger partial charge on any atom is -0.493 e. The van der Waals surface area contributed by atoms with E-state index in [0.29, 0.717) is 13.4 Å². The molecule has 0 aromatic heterocycles. The molecule has 0 heterocycles. The molecule has 5 nitrogen and oxygen atoms in total. The van der Waals surface area contributed by atoms with Gasteiger partial charge in [0.15, 0.2) is 19.8 Å². The molecule has 0 aliphatic rings. The van der Waals surface area contributed by atoms with Gasteiger partial charge in [-0.3, -0.25) is 0 Å². The van der Waals surface area contributed by atoms with E-state index < -0.39 is 8.32 Å². The minimum absolute atomic E-state index is 0.00267.